The van der Waals surface area contributed by atoms with Crippen LogP contribution in [0.25, 0.3) is 0 Å². The van der Waals surface area contributed by atoms with Crippen LogP contribution in [-0.2, 0) is 0 Å². The number of hydrogen-bond acceptors (Lipinski definition) is 1. The van der Waals surface area contributed by atoms with Crippen molar-refractivity contribution >= 4 is 8.80 Å². The second-order valence-corrected chi connectivity index (χ2v) is 7.01. The average Bonchev–Trinajstić information content (AvgIpc) is 1.79. The molecule has 10 heavy (non-hydrogen) atoms. The molecule has 0 aliphatic carbocycles. The third kappa shape index (κ3) is 8.18. The quantitative estimate of drug-likeness (QED) is 0.477. The summed E-state index contributed by atoms with van der Waals surface area (Å²) < 4.78 is 0. The Morgan fingerprint density at radius 1 is 1.30 bits per heavy atom. The molecule has 0 rings (SSSR count). The minimum Gasteiger partial charge on any atom is -0.315 e. The molecular weight excluding hydrogens is 138 g/mol. The van der Waals surface area contributed by atoms with Crippen LogP contribution in [-0.4, -0.2) is 21.4 Å². The Balaban J connectivity index is 2.91. The van der Waals surface area contributed by atoms with Crippen molar-refractivity contribution in [2.75, 3.05) is 6.54 Å². The molecule has 0 amide bonds. The van der Waals surface area contributed by atoms with Gasteiger partial charge in [-0.3, -0.25) is 0 Å². The first kappa shape index (κ1) is 10.2. The van der Waals surface area contributed by atoms with Crippen LogP contribution in [0.15, 0.2) is 0 Å². The maximum Gasteiger partial charge on any atom is 0.0306 e. The number of nitrogens with one attached hydrogen (secondary N) is 1. The molecule has 62 valence electrons. The Bertz CT molecular complexity index is 61.7. The molecule has 0 spiro atoms. The van der Waals surface area contributed by atoms with Crippen molar-refractivity contribution in [3.05, 3.63) is 0 Å². The summed E-state index contributed by atoms with van der Waals surface area (Å²) in [4.78, 5) is 0. The van der Waals surface area contributed by atoms with Crippen LogP contribution in [0.4, 0.5) is 0 Å². The monoisotopic (exact) mass is 159 g/mol. The lowest BCUT2D eigenvalue weighted by Gasteiger charge is -2.07. The van der Waals surface area contributed by atoms with E-state index in [0.717, 1.165) is 0 Å². The highest BCUT2D eigenvalue weighted by Gasteiger charge is 1.95. The molecule has 0 saturated heterocycles. The maximum absolute atomic E-state index is 3.42. The molecule has 0 fully saturated rings. The Morgan fingerprint density at radius 3 is 2.30 bits per heavy atom. The lowest BCUT2D eigenvalue weighted by Crippen LogP contribution is -2.24. The second kappa shape index (κ2) is 5.92. The predicted octanol–water partition coefficient (Wildman–Crippen LogP) is 1.86. The van der Waals surface area contributed by atoms with E-state index in [-0.39, 0.29) is 8.80 Å². The van der Waals surface area contributed by atoms with Gasteiger partial charge in [0.15, 0.2) is 0 Å². The highest BCUT2D eigenvalue weighted by Crippen LogP contribution is 1.95. The highest BCUT2D eigenvalue weighted by atomic mass is 28.3. The molecule has 0 aliphatic heterocycles. The normalized spacial score (nSPS) is 11.4. The standard InChI is InChI=1S/C8H21NSi/c1-8(2)9-6-5-7-10(3)4/h8-10H,5-7H2,1-4H3. The van der Waals surface area contributed by atoms with E-state index in [1.165, 1.54) is 19.0 Å². The molecule has 2 heteroatoms. The molecular formula is C8H21NSi. The minimum atomic E-state index is -0.273. The second-order valence-electron chi connectivity index (χ2n) is 3.64. The Morgan fingerprint density at radius 2 is 1.90 bits per heavy atom. The van der Waals surface area contributed by atoms with Crippen molar-refractivity contribution < 1.29 is 0 Å². The van der Waals surface area contributed by atoms with Gasteiger partial charge in [-0.1, -0.05) is 33.0 Å². The van der Waals surface area contributed by atoms with Gasteiger partial charge in [-0.25, -0.2) is 0 Å². The summed E-state index contributed by atoms with van der Waals surface area (Å²) >= 11 is 0. The van der Waals surface area contributed by atoms with E-state index in [0.29, 0.717) is 6.04 Å². The van der Waals surface area contributed by atoms with Gasteiger partial charge in [-0.2, -0.15) is 0 Å². The van der Waals surface area contributed by atoms with Crippen LogP contribution in [0.2, 0.25) is 19.1 Å². The molecule has 0 atom stereocenters. The third-order valence-corrected chi connectivity index (χ3v) is 3.07. The summed E-state index contributed by atoms with van der Waals surface area (Å²) in [6, 6.07) is 2.15. The summed E-state index contributed by atoms with van der Waals surface area (Å²) in [5.74, 6) is 0. The van der Waals surface area contributed by atoms with Crippen LogP contribution in [0.5, 0.6) is 0 Å². The van der Waals surface area contributed by atoms with E-state index in [4.69, 9.17) is 0 Å². The van der Waals surface area contributed by atoms with Crippen molar-refractivity contribution in [3.63, 3.8) is 0 Å². The topological polar surface area (TPSA) is 12.0 Å². The molecule has 1 N–H and O–H groups in total. The van der Waals surface area contributed by atoms with E-state index >= 15 is 0 Å². The Kier molecular flexibility index (Phi) is 6.03. The van der Waals surface area contributed by atoms with Crippen molar-refractivity contribution in [1.29, 1.82) is 0 Å². The highest BCUT2D eigenvalue weighted by molar-refractivity contribution is 6.55. The molecule has 0 saturated carbocycles. The Labute approximate surface area is 66.8 Å². The zero-order chi connectivity index (χ0) is 7.98. The molecule has 1 nitrogen and oxygen atoms in total. The largest absolute Gasteiger partial charge is 0.315 e. The molecule has 0 heterocycles. The van der Waals surface area contributed by atoms with Gasteiger partial charge >= 0.3 is 0 Å². The van der Waals surface area contributed by atoms with Gasteiger partial charge in [-0.15, -0.1) is 0 Å². The SMILES string of the molecule is CC(C)NCCC[SiH](C)C. The van der Waals surface area contributed by atoms with Crippen LogP contribution in [0.1, 0.15) is 20.3 Å². The first-order valence-electron chi connectivity index (χ1n) is 4.36. The van der Waals surface area contributed by atoms with Crippen LogP contribution < -0.4 is 5.32 Å². The van der Waals surface area contributed by atoms with E-state index in [1.54, 1.807) is 0 Å². The predicted molar refractivity (Wildman–Crippen MR) is 51.4 cm³/mol. The molecule has 0 unspecified atom stereocenters. The lowest BCUT2D eigenvalue weighted by atomic mass is 10.4. The fraction of sp³-hybridized carbons (Fsp3) is 1.00. The van der Waals surface area contributed by atoms with Crippen LogP contribution in [0, 0.1) is 0 Å². The van der Waals surface area contributed by atoms with Crippen molar-refractivity contribution in [2.24, 2.45) is 0 Å². The molecule has 0 aromatic rings. The van der Waals surface area contributed by atoms with Crippen molar-refractivity contribution in [1.82, 2.24) is 5.32 Å². The summed E-state index contributed by atoms with van der Waals surface area (Å²) in [6.45, 7) is 10.4. The zero-order valence-corrected chi connectivity index (χ0v) is 8.93. The minimum absolute atomic E-state index is 0.273. The van der Waals surface area contributed by atoms with Crippen LogP contribution >= 0.6 is 0 Å². The third-order valence-electron chi connectivity index (χ3n) is 1.51. The number of hydrogen-bond donors (Lipinski definition) is 1. The molecule has 0 aliphatic rings. The average molecular weight is 159 g/mol. The summed E-state index contributed by atoms with van der Waals surface area (Å²) in [5.41, 5.74) is 0. The molecule has 0 aromatic carbocycles. The summed E-state index contributed by atoms with van der Waals surface area (Å²) in [7, 11) is -0.273. The fourth-order valence-corrected chi connectivity index (χ4v) is 1.92. The first-order chi connectivity index (χ1) is 4.63. The zero-order valence-electron chi connectivity index (χ0n) is 7.78. The van der Waals surface area contributed by atoms with Gasteiger partial charge in [0, 0.05) is 14.8 Å². The smallest absolute Gasteiger partial charge is 0.0306 e. The van der Waals surface area contributed by atoms with Gasteiger partial charge in [-0.05, 0) is 13.0 Å². The number of rotatable bonds is 5. The van der Waals surface area contributed by atoms with E-state index in [2.05, 4.69) is 32.3 Å². The lowest BCUT2D eigenvalue weighted by molar-refractivity contribution is 0.583. The molecule has 0 aromatic heterocycles. The van der Waals surface area contributed by atoms with Gasteiger partial charge in [0.25, 0.3) is 0 Å². The summed E-state index contributed by atoms with van der Waals surface area (Å²) in [6.07, 6.45) is 1.38. The van der Waals surface area contributed by atoms with E-state index < -0.39 is 0 Å². The van der Waals surface area contributed by atoms with Gasteiger partial charge < -0.3 is 5.32 Å². The van der Waals surface area contributed by atoms with Gasteiger partial charge in [0.1, 0.15) is 0 Å². The molecule has 0 radical (unpaired) electrons. The van der Waals surface area contributed by atoms with Crippen molar-refractivity contribution in [2.45, 2.75) is 45.4 Å². The van der Waals surface area contributed by atoms with Crippen molar-refractivity contribution in [3.8, 4) is 0 Å². The van der Waals surface area contributed by atoms with E-state index in [1.807, 2.05) is 0 Å². The maximum atomic E-state index is 3.42. The Hall–Kier alpha value is 0.177. The van der Waals surface area contributed by atoms with Crippen LogP contribution in [0.3, 0.4) is 0 Å². The molecule has 0 bridgehead atoms. The fourth-order valence-electron chi connectivity index (χ4n) is 0.901. The summed E-state index contributed by atoms with van der Waals surface area (Å²) in [5, 5.41) is 3.42. The van der Waals surface area contributed by atoms with E-state index in [9.17, 15) is 0 Å². The first-order valence-corrected chi connectivity index (χ1v) is 7.49. The van der Waals surface area contributed by atoms with Gasteiger partial charge in [0.05, 0.1) is 0 Å². The van der Waals surface area contributed by atoms with Gasteiger partial charge in [0.2, 0.25) is 0 Å².